The number of aliphatic hydroxyl groups is 1. The monoisotopic (exact) mass is 280 g/mol. The molecule has 0 saturated carbocycles. The van der Waals surface area contributed by atoms with Crippen molar-refractivity contribution in [3.05, 3.63) is 33.0 Å². The van der Waals surface area contributed by atoms with Gasteiger partial charge in [0.25, 0.3) is 0 Å². The molecule has 78 valence electrons. The first-order chi connectivity index (χ1) is 6.45. The van der Waals surface area contributed by atoms with Gasteiger partial charge in [-0.25, -0.2) is 4.39 Å². The molecule has 0 spiro atoms. The summed E-state index contributed by atoms with van der Waals surface area (Å²) < 4.78 is 14.0. The molecule has 1 aromatic rings. The first kappa shape index (κ1) is 12.0. The van der Waals surface area contributed by atoms with Gasteiger partial charge in [-0.2, -0.15) is 0 Å². The molecular weight excluding hydrogens is 270 g/mol. The summed E-state index contributed by atoms with van der Waals surface area (Å²) in [6.45, 7) is 3.64. The first-order valence-corrected chi connectivity index (χ1v) is 5.43. The second kappa shape index (κ2) is 4.60. The molecule has 0 aliphatic heterocycles. The Morgan fingerprint density at radius 2 is 2.00 bits per heavy atom. The first-order valence-electron chi connectivity index (χ1n) is 4.26. The van der Waals surface area contributed by atoms with Crippen LogP contribution in [0, 0.1) is 11.7 Å². The highest BCUT2D eigenvalue weighted by Crippen LogP contribution is 2.32. The lowest BCUT2D eigenvalue weighted by Gasteiger charge is -2.16. The van der Waals surface area contributed by atoms with E-state index < -0.39 is 11.9 Å². The molecular formula is C10H11BrClFO. The molecule has 0 amide bonds. The number of benzene rings is 1. The van der Waals surface area contributed by atoms with Gasteiger partial charge >= 0.3 is 0 Å². The van der Waals surface area contributed by atoms with Crippen LogP contribution in [0.3, 0.4) is 0 Å². The van der Waals surface area contributed by atoms with Crippen molar-refractivity contribution in [2.45, 2.75) is 20.0 Å². The number of aliphatic hydroxyl groups excluding tert-OH is 1. The van der Waals surface area contributed by atoms with Gasteiger partial charge in [0.05, 0.1) is 11.1 Å². The number of rotatable bonds is 2. The summed E-state index contributed by atoms with van der Waals surface area (Å²) in [6.07, 6.45) is -0.819. The Labute approximate surface area is 96.0 Å². The molecule has 0 radical (unpaired) electrons. The van der Waals surface area contributed by atoms with Crippen LogP contribution >= 0.6 is 27.5 Å². The molecule has 1 rings (SSSR count). The molecule has 0 saturated heterocycles. The highest BCUT2D eigenvalue weighted by molar-refractivity contribution is 9.10. The summed E-state index contributed by atoms with van der Waals surface area (Å²) in [5, 5.41) is 9.70. The normalized spacial score (nSPS) is 13.4. The molecule has 1 nitrogen and oxygen atoms in total. The van der Waals surface area contributed by atoms with Crippen LogP contribution in [-0.4, -0.2) is 5.11 Å². The van der Waals surface area contributed by atoms with Gasteiger partial charge in [0.15, 0.2) is 0 Å². The summed E-state index contributed by atoms with van der Waals surface area (Å²) in [4.78, 5) is 0. The molecule has 1 atom stereocenters. The van der Waals surface area contributed by atoms with Crippen LogP contribution in [0.15, 0.2) is 16.6 Å². The minimum atomic E-state index is -0.819. The summed E-state index contributed by atoms with van der Waals surface area (Å²) in [5.41, 5.74) is 0.244. The molecule has 0 aliphatic carbocycles. The van der Waals surface area contributed by atoms with E-state index in [0.29, 0.717) is 4.47 Å². The van der Waals surface area contributed by atoms with Crippen LogP contribution in [0.5, 0.6) is 0 Å². The topological polar surface area (TPSA) is 20.2 Å². The fourth-order valence-electron chi connectivity index (χ4n) is 1.13. The zero-order valence-electron chi connectivity index (χ0n) is 7.89. The third-order valence-electron chi connectivity index (χ3n) is 2.02. The fraction of sp³-hybridized carbons (Fsp3) is 0.400. The second-order valence-electron chi connectivity index (χ2n) is 3.45. The van der Waals surface area contributed by atoms with E-state index in [4.69, 9.17) is 11.6 Å². The minimum Gasteiger partial charge on any atom is -0.388 e. The van der Waals surface area contributed by atoms with Gasteiger partial charge in [-0.05, 0) is 27.9 Å². The number of hydrogen-bond acceptors (Lipinski definition) is 1. The Morgan fingerprint density at radius 1 is 1.43 bits per heavy atom. The molecule has 4 heteroatoms. The van der Waals surface area contributed by atoms with Crippen molar-refractivity contribution in [3.8, 4) is 0 Å². The maximum absolute atomic E-state index is 13.6. The molecule has 14 heavy (non-hydrogen) atoms. The Balaban J connectivity index is 3.17. The van der Waals surface area contributed by atoms with Crippen molar-refractivity contribution in [3.63, 3.8) is 0 Å². The lowest BCUT2D eigenvalue weighted by atomic mass is 9.99. The fourth-order valence-corrected chi connectivity index (χ4v) is 1.61. The van der Waals surface area contributed by atoms with Gasteiger partial charge in [0.2, 0.25) is 0 Å². The summed E-state index contributed by atoms with van der Waals surface area (Å²) >= 11 is 8.81. The summed E-state index contributed by atoms with van der Waals surface area (Å²) in [7, 11) is 0. The predicted octanol–water partition coefficient (Wildman–Crippen LogP) is 3.93. The average Bonchev–Trinajstić information content (AvgIpc) is 2.13. The highest BCUT2D eigenvalue weighted by Gasteiger charge is 2.19. The lowest BCUT2D eigenvalue weighted by Crippen LogP contribution is -2.08. The molecule has 0 aromatic heterocycles. The van der Waals surface area contributed by atoms with Crippen LogP contribution < -0.4 is 0 Å². The van der Waals surface area contributed by atoms with E-state index >= 15 is 0 Å². The molecule has 0 aliphatic rings. The largest absolute Gasteiger partial charge is 0.388 e. The van der Waals surface area contributed by atoms with Crippen molar-refractivity contribution < 1.29 is 9.50 Å². The van der Waals surface area contributed by atoms with Crippen LogP contribution in [0.2, 0.25) is 5.02 Å². The predicted molar refractivity (Wildman–Crippen MR) is 58.9 cm³/mol. The Hall–Kier alpha value is -0.120. The van der Waals surface area contributed by atoms with Gasteiger partial charge in [0.1, 0.15) is 5.82 Å². The Morgan fingerprint density at radius 3 is 2.50 bits per heavy atom. The molecule has 1 N–H and O–H groups in total. The maximum Gasteiger partial charge on any atom is 0.148 e. The quantitative estimate of drug-likeness (QED) is 0.814. The minimum absolute atomic E-state index is 0.0159. The smallest absolute Gasteiger partial charge is 0.148 e. The van der Waals surface area contributed by atoms with Crippen molar-refractivity contribution in [1.29, 1.82) is 0 Å². The zero-order chi connectivity index (χ0) is 10.9. The Bertz CT molecular complexity index is 341. The van der Waals surface area contributed by atoms with Crippen molar-refractivity contribution in [2.24, 2.45) is 5.92 Å². The molecule has 0 fully saturated rings. The lowest BCUT2D eigenvalue weighted by molar-refractivity contribution is 0.123. The van der Waals surface area contributed by atoms with E-state index in [1.54, 1.807) is 6.07 Å². The molecule has 1 unspecified atom stereocenters. The average molecular weight is 282 g/mol. The Kier molecular flexibility index (Phi) is 3.93. The van der Waals surface area contributed by atoms with E-state index in [-0.39, 0.29) is 16.5 Å². The van der Waals surface area contributed by atoms with Gasteiger partial charge < -0.3 is 5.11 Å². The summed E-state index contributed by atoms with van der Waals surface area (Å²) in [5.74, 6) is -0.594. The van der Waals surface area contributed by atoms with Crippen molar-refractivity contribution >= 4 is 27.5 Å². The van der Waals surface area contributed by atoms with Gasteiger partial charge in [-0.15, -0.1) is 0 Å². The van der Waals surface area contributed by atoms with Crippen molar-refractivity contribution in [2.75, 3.05) is 0 Å². The molecule has 1 aromatic carbocycles. The summed E-state index contributed by atoms with van der Waals surface area (Å²) in [6, 6.07) is 3.17. The SMILES string of the molecule is CC(C)C(O)c1ccc(Br)c(Cl)c1F. The number of halogens is 3. The van der Waals surface area contributed by atoms with E-state index in [1.807, 2.05) is 13.8 Å². The van der Waals surface area contributed by atoms with E-state index in [9.17, 15) is 9.50 Å². The molecule has 0 bridgehead atoms. The van der Waals surface area contributed by atoms with Crippen LogP contribution in [0.25, 0.3) is 0 Å². The maximum atomic E-state index is 13.6. The van der Waals surface area contributed by atoms with Crippen LogP contribution in [-0.2, 0) is 0 Å². The second-order valence-corrected chi connectivity index (χ2v) is 4.69. The van der Waals surface area contributed by atoms with E-state index in [1.165, 1.54) is 6.07 Å². The van der Waals surface area contributed by atoms with E-state index in [2.05, 4.69) is 15.9 Å². The van der Waals surface area contributed by atoms with Crippen LogP contribution in [0.4, 0.5) is 4.39 Å². The van der Waals surface area contributed by atoms with Gasteiger partial charge in [-0.3, -0.25) is 0 Å². The van der Waals surface area contributed by atoms with Crippen LogP contribution in [0.1, 0.15) is 25.5 Å². The molecule has 0 heterocycles. The third kappa shape index (κ3) is 2.27. The van der Waals surface area contributed by atoms with Gasteiger partial charge in [0, 0.05) is 10.0 Å². The highest BCUT2D eigenvalue weighted by atomic mass is 79.9. The standard InChI is InChI=1S/C10H11BrClFO/c1-5(2)10(14)6-3-4-7(11)8(12)9(6)13/h3-5,10,14H,1-2H3. The van der Waals surface area contributed by atoms with Crippen molar-refractivity contribution in [1.82, 2.24) is 0 Å². The third-order valence-corrected chi connectivity index (χ3v) is 3.27. The van der Waals surface area contributed by atoms with Gasteiger partial charge in [-0.1, -0.05) is 31.5 Å². The number of hydrogen-bond donors (Lipinski definition) is 1. The zero-order valence-corrected chi connectivity index (χ0v) is 10.2. The van der Waals surface area contributed by atoms with E-state index in [0.717, 1.165) is 0 Å².